The quantitative estimate of drug-likeness (QED) is 0.901. The van der Waals surface area contributed by atoms with E-state index >= 15 is 0 Å². The molecule has 0 aliphatic heterocycles. The van der Waals surface area contributed by atoms with Crippen LogP contribution in [0.2, 0.25) is 0 Å². The van der Waals surface area contributed by atoms with Crippen LogP contribution in [0.3, 0.4) is 0 Å². The number of carbonyl (C=O) groups excluding carboxylic acids is 1. The van der Waals surface area contributed by atoms with Gasteiger partial charge in [-0.05, 0) is 26.0 Å². The number of aromatic nitrogens is 2. The van der Waals surface area contributed by atoms with Gasteiger partial charge in [-0.3, -0.25) is 4.98 Å². The van der Waals surface area contributed by atoms with E-state index in [1.165, 1.54) is 0 Å². The van der Waals surface area contributed by atoms with E-state index < -0.39 is 0 Å². The number of thiazole rings is 1. The Labute approximate surface area is 116 Å². The molecule has 0 bridgehead atoms. The molecule has 5 nitrogen and oxygen atoms in total. The lowest BCUT2D eigenvalue weighted by molar-refractivity contribution is 0.237. The summed E-state index contributed by atoms with van der Waals surface area (Å²) in [5.74, 6) is 0. The van der Waals surface area contributed by atoms with Crippen LogP contribution < -0.4 is 10.6 Å². The van der Waals surface area contributed by atoms with Crippen molar-refractivity contribution in [2.24, 2.45) is 0 Å². The third kappa shape index (κ3) is 4.03. The second-order valence-corrected chi connectivity index (χ2v) is 5.22. The van der Waals surface area contributed by atoms with Crippen LogP contribution in [0.1, 0.15) is 29.4 Å². The molecule has 2 amide bonds. The van der Waals surface area contributed by atoms with Crippen LogP contribution in [-0.2, 0) is 6.54 Å². The van der Waals surface area contributed by atoms with Crippen LogP contribution in [-0.4, -0.2) is 16.0 Å². The predicted octanol–water partition coefficient (Wildman–Crippen LogP) is 2.41. The summed E-state index contributed by atoms with van der Waals surface area (Å²) in [6.45, 7) is 4.28. The molecular weight excluding hydrogens is 260 g/mol. The molecule has 0 aliphatic rings. The van der Waals surface area contributed by atoms with Gasteiger partial charge in [-0.2, -0.15) is 0 Å². The van der Waals surface area contributed by atoms with Gasteiger partial charge in [-0.1, -0.05) is 6.07 Å². The molecule has 0 fully saturated rings. The first-order valence-electron chi connectivity index (χ1n) is 6.01. The van der Waals surface area contributed by atoms with Gasteiger partial charge in [-0.25, -0.2) is 9.78 Å². The molecule has 0 aromatic carbocycles. The first-order chi connectivity index (χ1) is 9.15. The molecule has 0 aliphatic carbocycles. The average molecular weight is 276 g/mol. The second-order valence-electron chi connectivity index (χ2n) is 4.16. The maximum absolute atomic E-state index is 11.7. The molecule has 2 aromatic heterocycles. The minimum Gasteiger partial charge on any atom is -0.332 e. The summed E-state index contributed by atoms with van der Waals surface area (Å²) in [6.07, 6.45) is 1.71. The highest BCUT2D eigenvalue weighted by Gasteiger charge is 2.10. The van der Waals surface area contributed by atoms with Gasteiger partial charge in [0, 0.05) is 11.6 Å². The predicted molar refractivity (Wildman–Crippen MR) is 74.9 cm³/mol. The van der Waals surface area contributed by atoms with Gasteiger partial charge in [0.2, 0.25) is 0 Å². The smallest absolute Gasteiger partial charge is 0.315 e. The summed E-state index contributed by atoms with van der Waals surface area (Å²) in [4.78, 5) is 20.2. The number of nitrogens with zero attached hydrogens (tertiary/aromatic N) is 2. The molecule has 0 unspecified atom stereocenters. The Morgan fingerprint density at radius 2 is 2.32 bits per heavy atom. The summed E-state index contributed by atoms with van der Waals surface area (Å²) in [7, 11) is 0. The molecule has 6 heteroatoms. The molecule has 2 N–H and O–H groups in total. The number of hydrogen-bond acceptors (Lipinski definition) is 4. The number of rotatable bonds is 4. The molecular formula is C13H16N4OS. The molecule has 0 spiro atoms. The van der Waals surface area contributed by atoms with Crippen molar-refractivity contribution in [1.29, 1.82) is 0 Å². The van der Waals surface area contributed by atoms with Crippen molar-refractivity contribution in [2.45, 2.75) is 26.4 Å². The third-order valence-electron chi connectivity index (χ3n) is 2.58. The highest BCUT2D eigenvalue weighted by Crippen LogP contribution is 2.08. The Bertz CT molecular complexity index is 541. The Morgan fingerprint density at radius 1 is 1.47 bits per heavy atom. The number of hydrogen-bond donors (Lipinski definition) is 2. The summed E-state index contributed by atoms with van der Waals surface area (Å²) in [6, 6.07) is 5.29. The number of aryl methyl sites for hydroxylation is 1. The SMILES string of the molecule is Cc1nc(CNC(=O)N[C@@H](C)c2ccccn2)cs1. The number of nitrogens with one attached hydrogen (secondary N) is 2. The summed E-state index contributed by atoms with van der Waals surface area (Å²) in [5, 5.41) is 8.56. The zero-order valence-electron chi connectivity index (χ0n) is 10.9. The number of pyridine rings is 1. The van der Waals surface area contributed by atoms with E-state index in [0.717, 1.165) is 16.4 Å². The van der Waals surface area contributed by atoms with Crippen LogP contribution in [0.4, 0.5) is 4.79 Å². The van der Waals surface area contributed by atoms with E-state index in [9.17, 15) is 4.79 Å². The summed E-state index contributed by atoms with van der Waals surface area (Å²) >= 11 is 1.57. The first kappa shape index (κ1) is 13.5. The van der Waals surface area contributed by atoms with Gasteiger partial charge in [-0.15, -0.1) is 11.3 Å². The van der Waals surface area contributed by atoms with E-state index in [0.29, 0.717) is 6.54 Å². The lowest BCUT2D eigenvalue weighted by Gasteiger charge is -2.13. The fourth-order valence-corrected chi connectivity index (χ4v) is 2.23. The Balaban J connectivity index is 1.81. The standard InChI is InChI=1S/C13H16N4OS/c1-9(12-5-3-4-6-14-12)16-13(18)15-7-11-8-19-10(2)17-11/h3-6,8-9H,7H2,1-2H3,(H2,15,16,18)/t9-/m0/s1. The lowest BCUT2D eigenvalue weighted by atomic mass is 10.2. The minimum atomic E-state index is -0.219. The van der Waals surface area contributed by atoms with Crippen LogP contribution in [0.25, 0.3) is 0 Å². The zero-order valence-corrected chi connectivity index (χ0v) is 11.7. The van der Waals surface area contributed by atoms with Crippen LogP contribution in [0.5, 0.6) is 0 Å². The molecule has 19 heavy (non-hydrogen) atoms. The molecule has 0 saturated carbocycles. The van der Waals surface area contributed by atoms with Crippen molar-refractivity contribution in [2.75, 3.05) is 0 Å². The van der Waals surface area contributed by atoms with Crippen molar-refractivity contribution in [1.82, 2.24) is 20.6 Å². The van der Waals surface area contributed by atoms with Crippen LogP contribution in [0, 0.1) is 6.92 Å². The first-order valence-corrected chi connectivity index (χ1v) is 6.89. The van der Waals surface area contributed by atoms with E-state index in [1.54, 1.807) is 17.5 Å². The van der Waals surface area contributed by atoms with Crippen molar-refractivity contribution in [3.8, 4) is 0 Å². The monoisotopic (exact) mass is 276 g/mol. The summed E-state index contributed by atoms with van der Waals surface area (Å²) < 4.78 is 0. The fraction of sp³-hybridized carbons (Fsp3) is 0.308. The van der Waals surface area contributed by atoms with Gasteiger partial charge in [0.05, 0.1) is 29.0 Å². The van der Waals surface area contributed by atoms with E-state index in [-0.39, 0.29) is 12.1 Å². The largest absolute Gasteiger partial charge is 0.332 e. The summed E-state index contributed by atoms with van der Waals surface area (Å²) in [5.41, 5.74) is 1.71. The molecule has 0 radical (unpaired) electrons. The van der Waals surface area contributed by atoms with Crippen molar-refractivity contribution < 1.29 is 4.79 Å². The number of amides is 2. The topological polar surface area (TPSA) is 66.9 Å². The van der Waals surface area contributed by atoms with Gasteiger partial charge in [0.1, 0.15) is 0 Å². The Kier molecular flexibility index (Phi) is 4.46. The maximum atomic E-state index is 11.7. The molecule has 2 rings (SSSR count). The maximum Gasteiger partial charge on any atom is 0.315 e. The van der Waals surface area contributed by atoms with Crippen LogP contribution >= 0.6 is 11.3 Å². The van der Waals surface area contributed by atoms with Crippen molar-refractivity contribution in [3.05, 3.63) is 46.2 Å². The Hall–Kier alpha value is -1.95. The second kappa shape index (κ2) is 6.29. The number of carbonyl (C=O) groups is 1. The fourth-order valence-electron chi connectivity index (χ4n) is 1.61. The van der Waals surface area contributed by atoms with Gasteiger partial charge < -0.3 is 10.6 Å². The zero-order chi connectivity index (χ0) is 13.7. The van der Waals surface area contributed by atoms with Crippen LogP contribution in [0.15, 0.2) is 29.8 Å². The molecule has 0 saturated heterocycles. The average Bonchev–Trinajstić information content (AvgIpc) is 2.83. The van der Waals surface area contributed by atoms with Crippen molar-refractivity contribution in [3.63, 3.8) is 0 Å². The highest BCUT2D eigenvalue weighted by molar-refractivity contribution is 7.09. The van der Waals surface area contributed by atoms with Gasteiger partial charge in [0.25, 0.3) is 0 Å². The Morgan fingerprint density at radius 3 is 2.95 bits per heavy atom. The molecule has 1 atom stereocenters. The molecule has 2 aromatic rings. The van der Waals surface area contributed by atoms with Crippen molar-refractivity contribution >= 4 is 17.4 Å². The van der Waals surface area contributed by atoms with E-state index in [2.05, 4.69) is 20.6 Å². The van der Waals surface area contributed by atoms with E-state index in [1.807, 2.05) is 37.4 Å². The number of urea groups is 1. The van der Waals surface area contributed by atoms with Gasteiger partial charge in [0.15, 0.2) is 0 Å². The molecule has 2 heterocycles. The van der Waals surface area contributed by atoms with E-state index in [4.69, 9.17) is 0 Å². The molecule has 100 valence electrons. The minimum absolute atomic E-state index is 0.127. The normalized spacial score (nSPS) is 11.9. The third-order valence-corrected chi connectivity index (χ3v) is 3.40. The highest BCUT2D eigenvalue weighted by atomic mass is 32.1. The van der Waals surface area contributed by atoms with Gasteiger partial charge >= 0.3 is 6.03 Å². The lowest BCUT2D eigenvalue weighted by Crippen LogP contribution is -2.36.